The van der Waals surface area contributed by atoms with Crippen molar-refractivity contribution >= 4 is 53.6 Å². The van der Waals surface area contributed by atoms with Gasteiger partial charge in [0.1, 0.15) is 11.5 Å². The van der Waals surface area contributed by atoms with Crippen molar-refractivity contribution in [2.75, 3.05) is 0 Å². The Labute approximate surface area is 281 Å². The first-order valence-corrected chi connectivity index (χ1v) is 15.4. The molecule has 4 atom stereocenters. The van der Waals surface area contributed by atoms with Gasteiger partial charge in [-0.1, -0.05) is 47.5 Å². The molecular formula is C14H12Cl2Hg3O14P4. The molecule has 2 N–H and O–H groups in total. The fourth-order valence-electron chi connectivity index (χ4n) is 1.75. The van der Waals surface area contributed by atoms with E-state index in [2.05, 4.69) is 9.05 Å². The topological polar surface area (TPSA) is 266 Å². The Kier molecular flexibility index (Phi) is 21.0. The van der Waals surface area contributed by atoms with E-state index < -0.39 is 41.6 Å². The molecule has 2 aromatic carbocycles. The Hall–Kier alpha value is 2.03. The number of para-hydroxylation sites is 2. The Bertz CT molecular complexity index is 1100. The SMILES string of the molecule is O=P([O-])([O-])C(O)P(=O)([O-])Oc1ccccc1Cl.O=P([O-])([O-])C(O)P(=O)([O-])Oc1ccccc1Cl.[Hg+2].[Hg+2].[Hg+2]. The van der Waals surface area contributed by atoms with Crippen LogP contribution in [0.1, 0.15) is 0 Å². The van der Waals surface area contributed by atoms with Gasteiger partial charge in [-0.3, -0.25) is 9.13 Å². The predicted octanol–water partition coefficient (Wildman–Crippen LogP) is -1.08. The third-order valence-electron chi connectivity index (χ3n) is 3.26. The van der Waals surface area contributed by atoms with Gasteiger partial charge in [0.25, 0.3) is 0 Å². The summed E-state index contributed by atoms with van der Waals surface area (Å²) in [4.78, 5) is 64.0. The minimum atomic E-state index is -5.72. The molecule has 0 aliphatic rings. The predicted molar refractivity (Wildman–Crippen MR) is 107 cm³/mol. The molecule has 192 valence electrons. The number of aliphatic hydroxyl groups is 2. The molecule has 37 heavy (non-hydrogen) atoms. The number of rotatable bonds is 8. The molecule has 2 aromatic rings. The van der Waals surface area contributed by atoms with Crippen molar-refractivity contribution in [2.24, 2.45) is 0 Å². The van der Waals surface area contributed by atoms with E-state index >= 15 is 0 Å². The van der Waals surface area contributed by atoms with Crippen LogP contribution < -0.4 is 38.4 Å². The van der Waals surface area contributed by atoms with E-state index in [1.165, 1.54) is 36.4 Å². The van der Waals surface area contributed by atoms with Crippen LogP contribution in [-0.2, 0) is 101 Å². The van der Waals surface area contributed by atoms with Crippen molar-refractivity contribution in [1.82, 2.24) is 0 Å². The number of benzene rings is 2. The largest absolute Gasteiger partial charge is 2.00 e. The standard InChI is InChI=1S/2C7H9ClO7P2.3Hg/c2*8-5-3-1-2-4-6(5)15-17(13,14)7(9)16(10,11)12;;;/h2*1-4,7,9H,(H,13,14)(H2,10,11,12);;;/q;;3*+2/p-6. The van der Waals surface area contributed by atoms with Gasteiger partial charge < -0.3 is 57.8 Å². The monoisotopic (exact) mass is 1200 g/mol. The molecule has 4 unspecified atom stereocenters. The first kappa shape index (κ1) is 43.5. The fraction of sp³-hybridized carbons (Fsp3) is 0.143. The number of hydrogen-bond acceptors (Lipinski definition) is 14. The molecular weight excluding hydrogens is 1190 g/mol. The van der Waals surface area contributed by atoms with Gasteiger partial charge >= 0.3 is 83.0 Å². The fourth-order valence-corrected chi connectivity index (χ4v) is 6.32. The molecule has 0 aliphatic heterocycles. The van der Waals surface area contributed by atoms with E-state index in [9.17, 15) is 47.6 Å². The van der Waals surface area contributed by atoms with Gasteiger partial charge in [-0.15, -0.1) is 0 Å². The van der Waals surface area contributed by atoms with Gasteiger partial charge in [-0.05, 0) is 39.5 Å². The van der Waals surface area contributed by atoms with Crippen LogP contribution in [-0.4, -0.2) is 21.4 Å². The molecule has 0 spiro atoms. The average Bonchev–Trinajstić information content (AvgIpc) is 2.69. The van der Waals surface area contributed by atoms with Crippen LogP contribution in [0.4, 0.5) is 0 Å². The van der Waals surface area contributed by atoms with Gasteiger partial charge in [0.05, 0.1) is 10.0 Å². The van der Waals surface area contributed by atoms with Crippen molar-refractivity contribution in [3.63, 3.8) is 0 Å². The van der Waals surface area contributed by atoms with Crippen LogP contribution in [0, 0.1) is 0 Å². The van der Waals surface area contributed by atoms with E-state index in [0.717, 1.165) is 12.1 Å². The molecule has 0 fully saturated rings. The third-order valence-corrected chi connectivity index (χ3v) is 10.4. The number of aliphatic hydroxyl groups excluding tert-OH is 2. The van der Waals surface area contributed by atoms with Crippen molar-refractivity contribution in [3.05, 3.63) is 58.6 Å². The maximum absolute atomic E-state index is 11.2. The van der Waals surface area contributed by atoms with Crippen molar-refractivity contribution in [1.29, 1.82) is 0 Å². The molecule has 0 bridgehead atoms. The summed E-state index contributed by atoms with van der Waals surface area (Å²) in [5.74, 6) is -0.750. The van der Waals surface area contributed by atoms with Crippen LogP contribution in [0.2, 0.25) is 10.0 Å². The smallest absolute Gasteiger partial charge is 0.809 e. The quantitative estimate of drug-likeness (QED) is 0.235. The van der Waals surface area contributed by atoms with Crippen LogP contribution in [0.25, 0.3) is 0 Å². The minimum Gasteiger partial charge on any atom is -0.809 e. The zero-order valence-corrected chi connectivity index (χ0v) is 39.8. The van der Waals surface area contributed by atoms with Crippen LogP contribution in [0.15, 0.2) is 48.5 Å². The second-order valence-corrected chi connectivity index (χ2v) is 14.2. The van der Waals surface area contributed by atoms with E-state index in [0.29, 0.717) is 0 Å². The van der Waals surface area contributed by atoms with E-state index in [1.807, 2.05) is 0 Å². The van der Waals surface area contributed by atoms with Crippen LogP contribution in [0.5, 0.6) is 11.5 Å². The first-order chi connectivity index (χ1) is 15.3. The van der Waals surface area contributed by atoms with Crippen molar-refractivity contribution in [2.45, 2.75) is 11.2 Å². The van der Waals surface area contributed by atoms with Crippen LogP contribution in [0.3, 0.4) is 0 Å². The minimum absolute atomic E-state index is 0. The van der Waals surface area contributed by atoms with E-state index in [4.69, 9.17) is 33.4 Å². The molecule has 0 saturated carbocycles. The summed E-state index contributed by atoms with van der Waals surface area (Å²) in [5, 5.41) is 17.4. The molecule has 0 saturated heterocycles. The summed E-state index contributed by atoms with van der Waals surface area (Å²) in [6.07, 6.45) is 0. The normalized spacial score (nSPS) is 15.8. The molecule has 0 amide bonds. The molecule has 14 nitrogen and oxygen atoms in total. The summed E-state index contributed by atoms with van der Waals surface area (Å²) in [6.45, 7) is 0. The summed E-state index contributed by atoms with van der Waals surface area (Å²) in [7, 11) is -22.1. The summed E-state index contributed by atoms with van der Waals surface area (Å²) in [6, 6.07) is 10.6. The first-order valence-electron chi connectivity index (χ1n) is 8.18. The van der Waals surface area contributed by atoms with E-state index in [-0.39, 0.29) is 105 Å². The van der Waals surface area contributed by atoms with Gasteiger partial charge in [0, 0.05) is 0 Å². The number of halogens is 2. The van der Waals surface area contributed by atoms with Crippen molar-refractivity contribution in [3.8, 4) is 11.5 Å². The molecule has 2 rings (SSSR count). The number of hydrogen-bond donors (Lipinski definition) is 2. The summed E-state index contributed by atoms with van der Waals surface area (Å²) >= 11 is 11.1. The second kappa shape index (κ2) is 17.9. The van der Waals surface area contributed by atoms with Gasteiger partial charge in [-0.25, -0.2) is 0 Å². The Morgan fingerprint density at radius 2 is 0.838 bits per heavy atom. The third kappa shape index (κ3) is 14.7. The average molecular weight is 1200 g/mol. The molecule has 0 radical (unpaired) electrons. The van der Waals surface area contributed by atoms with Crippen molar-refractivity contribution < 1.29 is 150 Å². The Morgan fingerprint density at radius 3 is 1.05 bits per heavy atom. The molecule has 0 aliphatic carbocycles. The Morgan fingerprint density at radius 1 is 0.595 bits per heavy atom. The van der Waals surface area contributed by atoms with E-state index in [1.54, 1.807) is 0 Å². The second-order valence-electron chi connectivity index (χ2n) is 5.90. The Balaban J connectivity index is -0.000000578. The van der Waals surface area contributed by atoms with Gasteiger partial charge in [0.2, 0.25) is 15.2 Å². The summed E-state index contributed by atoms with van der Waals surface area (Å²) in [5.41, 5.74) is -6.29. The maximum Gasteiger partial charge on any atom is 2.00 e. The van der Waals surface area contributed by atoms with Gasteiger partial charge in [0.15, 0.2) is 11.2 Å². The molecule has 0 aromatic heterocycles. The zero-order chi connectivity index (χ0) is 26.5. The zero-order valence-electron chi connectivity index (χ0n) is 18.2. The molecule has 0 heterocycles. The maximum atomic E-state index is 11.2. The summed E-state index contributed by atoms with van der Waals surface area (Å²) < 4.78 is 51.8. The van der Waals surface area contributed by atoms with Crippen LogP contribution >= 0.6 is 53.6 Å². The molecule has 23 heteroatoms. The van der Waals surface area contributed by atoms with Gasteiger partial charge in [-0.2, -0.15) is 0 Å².